The molecule has 0 saturated carbocycles. The van der Waals surface area contributed by atoms with Gasteiger partial charge in [0.05, 0.1) is 26.0 Å². The van der Waals surface area contributed by atoms with Gasteiger partial charge in [-0.05, 0) is 33.4 Å². The van der Waals surface area contributed by atoms with Gasteiger partial charge in [-0.1, -0.05) is 72.8 Å². The highest BCUT2D eigenvalue weighted by Gasteiger charge is 2.30. The number of amides is 1. The summed E-state index contributed by atoms with van der Waals surface area (Å²) in [5, 5.41) is 21.9. The molecule has 0 radical (unpaired) electrons. The summed E-state index contributed by atoms with van der Waals surface area (Å²) < 4.78 is 7.35. The lowest BCUT2D eigenvalue weighted by Crippen LogP contribution is -2.26. The molecule has 7 nitrogen and oxygen atoms in total. The maximum atomic E-state index is 13.4. The first kappa shape index (κ1) is 24.2. The highest BCUT2D eigenvalue weighted by atomic mass is 16.5. The SMILES string of the molecule is COc1ccc(CN2Cc3c(C(=O)NCc4cccc5ccccc45)nn(CCO)c3C2)c2ccccc12. The van der Waals surface area contributed by atoms with Crippen molar-refractivity contribution in [3.05, 3.63) is 107 Å². The van der Waals surface area contributed by atoms with E-state index in [1.54, 1.807) is 11.8 Å². The lowest BCUT2D eigenvalue weighted by molar-refractivity contribution is 0.0942. The molecule has 6 rings (SSSR count). The van der Waals surface area contributed by atoms with E-state index in [2.05, 4.69) is 51.7 Å². The maximum absolute atomic E-state index is 13.4. The number of aliphatic hydroxyl groups is 1. The number of hydrogen-bond acceptors (Lipinski definition) is 5. The maximum Gasteiger partial charge on any atom is 0.272 e. The average Bonchev–Trinajstić information content (AvgIpc) is 3.51. The topological polar surface area (TPSA) is 79.6 Å². The van der Waals surface area contributed by atoms with Crippen molar-refractivity contribution in [1.29, 1.82) is 0 Å². The molecule has 2 heterocycles. The number of rotatable bonds is 8. The zero-order valence-electron chi connectivity index (χ0n) is 21.4. The van der Waals surface area contributed by atoms with E-state index in [0.29, 0.717) is 31.9 Å². The van der Waals surface area contributed by atoms with Crippen LogP contribution in [0, 0.1) is 0 Å². The number of benzene rings is 4. The van der Waals surface area contributed by atoms with Crippen molar-refractivity contribution >= 4 is 27.5 Å². The molecule has 4 aromatic carbocycles. The molecule has 2 N–H and O–H groups in total. The van der Waals surface area contributed by atoms with Gasteiger partial charge >= 0.3 is 0 Å². The normalized spacial score (nSPS) is 13.2. The first-order valence-corrected chi connectivity index (χ1v) is 12.9. The number of aromatic nitrogens is 2. The quantitative estimate of drug-likeness (QED) is 0.321. The molecule has 0 fully saturated rings. The third-order valence-electron chi connectivity index (χ3n) is 7.36. The fourth-order valence-electron chi connectivity index (χ4n) is 5.54. The summed E-state index contributed by atoms with van der Waals surface area (Å²) >= 11 is 0. The van der Waals surface area contributed by atoms with Gasteiger partial charge in [0.2, 0.25) is 0 Å². The second-order valence-corrected chi connectivity index (χ2v) is 9.66. The van der Waals surface area contributed by atoms with Gasteiger partial charge in [0, 0.05) is 37.1 Å². The third kappa shape index (κ3) is 4.40. The van der Waals surface area contributed by atoms with Gasteiger partial charge < -0.3 is 15.2 Å². The van der Waals surface area contributed by atoms with E-state index in [1.165, 1.54) is 5.56 Å². The van der Waals surface area contributed by atoms with Crippen LogP contribution in [0.3, 0.4) is 0 Å². The average molecular weight is 507 g/mol. The van der Waals surface area contributed by atoms with Crippen molar-refractivity contribution in [2.45, 2.75) is 32.7 Å². The standard InChI is InChI=1S/C31H30N4O3/c1-38-29-14-13-23(25-11-4-5-12-26(25)29)18-34-19-27-28(20-34)35(15-16-36)33-30(27)31(37)32-17-22-9-6-8-21-7-2-3-10-24(21)22/h2-14,36H,15-20H2,1H3,(H,32,37). The van der Waals surface area contributed by atoms with Gasteiger partial charge in [-0.3, -0.25) is 14.4 Å². The molecule has 0 bridgehead atoms. The Kier molecular flexibility index (Phi) is 6.54. The summed E-state index contributed by atoms with van der Waals surface area (Å²) in [5.41, 5.74) is 4.64. The Morgan fingerprint density at radius 1 is 0.921 bits per heavy atom. The number of fused-ring (bicyclic) bond motifs is 3. The number of methoxy groups -OCH3 is 1. The van der Waals surface area contributed by atoms with Crippen LogP contribution in [0.4, 0.5) is 0 Å². The van der Waals surface area contributed by atoms with Crippen molar-refractivity contribution in [1.82, 2.24) is 20.0 Å². The lowest BCUT2D eigenvalue weighted by atomic mass is 10.0. The van der Waals surface area contributed by atoms with Gasteiger partial charge in [0.25, 0.3) is 5.91 Å². The monoisotopic (exact) mass is 506 g/mol. The van der Waals surface area contributed by atoms with Gasteiger partial charge in [-0.25, -0.2) is 0 Å². The van der Waals surface area contributed by atoms with Gasteiger partial charge in [-0.2, -0.15) is 5.10 Å². The predicted molar refractivity (Wildman–Crippen MR) is 148 cm³/mol. The molecule has 192 valence electrons. The van der Waals surface area contributed by atoms with E-state index in [1.807, 2.05) is 42.5 Å². The van der Waals surface area contributed by atoms with Crippen LogP contribution < -0.4 is 10.1 Å². The van der Waals surface area contributed by atoms with Crippen LogP contribution in [0.5, 0.6) is 5.75 Å². The van der Waals surface area contributed by atoms with Crippen molar-refractivity contribution in [2.24, 2.45) is 0 Å². The highest BCUT2D eigenvalue weighted by Crippen LogP contribution is 2.32. The third-order valence-corrected chi connectivity index (χ3v) is 7.36. The minimum Gasteiger partial charge on any atom is -0.496 e. The number of hydrogen-bond donors (Lipinski definition) is 2. The highest BCUT2D eigenvalue weighted by molar-refractivity contribution is 5.95. The zero-order valence-corrected chi connectivity index (χ0v) is 21.4. The molecule has 0 aliphatic carbocycles. The summed E-state index contributed by atoms with van der Waals surface area (Å²) in [7, 11) is 1.69. The van der Waals surface area contributed by atoms with Crippen molar-refractivity contribution < 1.29 is 14.6 Å². The van der Waals surface area contributed by atoms with Gasteiger partial charge in [0.1, 0.15) is 5.75 Å². The van der Waals surface area contributed by atoms with E-state index in [4.69, 9.17) is 4.74 Å². The van der Waals surface area contributed by atoms with Crippen molar-refractivity contribution in [2.75, 3.05) is 13.7 Å². The first-order chi connectivity index (χ1) is 18.7. The molecule has 5 aromatic rings. The first-order valence-electron chi connectivity index (χ1n) is 12.9. The van der Waals surface area contributed by atoms with E-state index in [9.17, 15) is 9.90 Å². The molecule has 1 aliphatic heterocycles. The van der Waals surface area contributed by atoms with Crippen LogP contribution in [0.25, 0.3) is 21.5 Å². The van der Waals surface area contributed by atoms with E-state index < -0.39 is 0 Å². The fraction of sp³-hybridized carbons (Fsp3) is 0.226. The predicted octanol–water partition coefficient (Wildman–Crippen LogP) is 4.64. The molecular formula is C31H30N4O3. The Labute approximate surface area is 221 Å². The van der Waals surface area contributed by atoms with Crippen LogP contribution in [0.15, 0.2) is 78.9 Å². The largest absolute Gasteiger partial charge is 0.496 e. The summed E-state index contributed by atoms with van der Waals surface area (Å²) in [5.74, 6) is 0.667. The molecule has 7 heteroatoms. The Balaban J connectivity index is 1.24. The number of ether oxygens (including phenoxy) is 1. The van der Waals surface area contributed by atoms with E-state index in [0.717, 1.165) is 50.7 Å². The second kappa shape index (κ2) is 10.3. The molecule has 0 saturated heterocycles. The molecule has 1 aromatic heterocycles. The molecular weight excluding hydrogens is 476 g/mol. The van der Waals surface area contributed by atoms with E-state index >= 15 is 0 Å². The Morgan fingerprint density at radius 2 is 1.68 bits per heavy atom. The van der Waals surface area contributed by atoms with Crippen LogP contribution in [0.2, 0.25) is 0 Å². The molecule has 0 spiro atoms. The smallest absolute Gasteiger partial charge is 0.272 e. The van der Waals surface area contributed by atoms with Crippen LogP contribution in [-0.4, -0.2) is 39.4 Å². The molecule has 0 atom stereocenters. The number of carbonyl (C=O) groups is 1. The summed E-state index contributed by atoms with van der Waals surface area (Å²) in [6.07, 6.45) is 0. The zero-order chi connectivity index (χ0) is 26.1. The van der Waals surface area contributed by atoms with Gasteiger partial charge in [0.15, 0.2) is 5.69 Å². The fourth-order valence-corrected chi connectivity index (χ4v) is 5.54. The van der Waals surface area contributed by atoms with Crippen LogP contribution in [-0.2, 0) is 32.7 Å². The Bertz CT molecular complexity index is 1640. The van der Waals surface area contributed by atoms with Crippen molar-refractivity contribution in [3.8, 4) is 5.75 Å². The van der Waals surface area contributed by atoms with Crippen LogP contribution >= 0.6 is 0 Å². The number of nitrogens with zero attached hydrogens (tertiary/aromatic N) is 3. The molecule has 0 unspecified atom stereocenters. The van der Waals surface area contributed by atoms with E-state index in [-0.39, 0.29) is 12.5 Å². The molecule has 1 aliphatic rings. The Morgan fingerprint density at radius 3 is 2.50 bits per heavy atom. The summed E-state index contributed by atoms with van der Waals surface area (Å²) in [6.45, 7) is 2.77. The minimum absolute atomic E-state index is 0.0334. The number of aliphatic hydroxyl groups excluding tert-OH is 1. The second-order valence-electron chi connectivity index (χ2n) is 9.66. The Hall–Kier alpha value is -4.20. The number of carbonyl (C=O) groups excluding carboxylic acids is 1. The molecule has 1 amide bonds. The minimum atomic E-state index is -0.192. The molecule has 38 heavy (non-hydrogen) atoms. The lowest BCUT2D eigenvalue weighted by Gasteiger charge is -2.18. The summed E-state index contributed by atoms with van der Waals surface area (Å²) in [4.78, 5) is 15.7. The van der Waals surface area contributed by atoms with Crippen LogP contribution in [0.1, 0.15) is 32.9 Å². The number of nitrogens with one attached hydrogen (secondary N) is 1. The van der Waals surface area contributed by atoms with Crippen molar-refractivity contribution in [3.63, 3.8) is 0 Å². The van der Waals surface area contributed by atoms with Gasteiger partial charge in [-0.15, -0.1) is 0 Å². The summed E-state index contributed by atoms with van der Waals surface area (Å²) in [6, 6.07) is 26.7.